The molecule has 0 aliphatic carbocycles. The van der Waals surface area contributed by atoms with Crippen molar-refractivity contribution in [2.24, 2.45) is 0 Å². The molecule has 12 heavy (non-hydrogen) atoms. The van der Waals surface area contributed by atoms with E-state index in [9.17, 15) is 0 Å². The maximum Gasteiger partial charge on any atom is 0.0936 e. The molecule has 3 atom stereocenters. The van der Waals surface area contributed by atoms with E-state index in [4.69, 9.17) is 9.47 Å². The molecule has 3 nitrogen and oxygen atoms in total. The maximum absolute atomic E-state index is 5.54. The van der Waals surface area contributed by atoms with Crippen LogP contribution in [0.5, 0.6) is 0 Å². The Hall–Kier alpha value is -0.120. The zero-order valence-electron chi connectivity index (χ0n) is 7.82. The van der Waals surface area contributed by atoms with Gasteiger partial charge in [-0.2, -0.15) is 0 Å². The summed E-state index contributed by atoms with van der Waals surface area (Å²) in [5, 5.41) is 0. The first-order valence-corrected chi connectivity index (χ1v) is 4.74. The van der Waals surface area contributed by atoms with Crippen LogP contribution in [0.4, 0.5) is 0 Å². The van der Waals surface area contributed by atoms with Gasteiger partial charge >= 0.3 is 0 Å². The fraction of sp³-hybridized carbons (Fsp3) is 1.00. The summed E-state index contributed by atoms with van der Waals surface area (Å²) in [7, 11) is 0. The molecule has 3 heteroatoms. The minimum Gasteiger partial charge on any atom is -0.376 e. The van der Waals surface area contributed by atoms with Gasteiger partial charge in [0, 0.05) is 19.1 Å². The molecule has 0 N–H and O–H groups in total. The summed E-state index contributed by atoms with van der Waals surface area (Å²) in [5.41, 5.74) is 0. The second-order valence-corrected chi connectivity index (χ2v) is 3.77. The maximum atomic E-state index is 5.54. The van der Waals surface area contributed by atoms with Crippen LogP contribution >= 0.6 is 0 Å². The van der Waals surface area contributed by atoms with E-state index in [1.54, 1.807) is 0 Å². The summed E-state index contributed by atoms with van der Waals surface area (Å²) in [5.74, 6) is 0. The molecule has 2 aliphatic heterocycles. The van der Waals surface area contributed by atoms with Crippen LogP contribution in [0.1, 0.15) is 13.8 Å². The van der Waals surface area contributed by atoms with E-state index in [1.807, 2.05) is 0 Å². The highest BCUT2D eigenvalue weighted by atomic mass is 16.6. The molecular weight excluding hydrogens is 154 g/mol. The fourth-order valence-electron chi connectivity index (χ4n) is 1.69. The number of nitrogens with zero attached hydrogens (tertiary/aromatic N) is 1. The van der Waals surface area contributed by atoms with Crippen molar-refractivity contribution in [3.63, 3.8) is 0 Å². The molecule has 2 heterocycles. The van der Waals surface area contributed by atoms with Crippen molar-refractivity contribution in [3.05, 3.63) is 0 Å². The molecule has 70 valence electrons. The molecule has 0 aromatic carbocycles. The van der Waals surface area contributed by atoms with Crippen molar-refractivity contribution in [3.8, 4) is 0 Å². The van der Waals surface area contributed by atoms with Gasteiger partial charge in [0.25, 0.3) is 0 Å². The molecule has 0 amide bonds. The van der Waals surface area contributed by atoms with Gasteiger partial charge in [-0.15, -0.1) is 0 Å². The predicted octanol–water partition coefficient (Wildman–Crippen LogP) is 0.494. The lowest BCUT2D eigenvalue weighted by atomic mass is 10.1. The number of ether oxygens (including phenoxy) is 2. The van der Waals surface area contributed by atoms with Crippen molar-refractivity contribution >= 4 is 0 Å². The molecule has 0 radical (unpaired) electrons. The van der Waals surface area contributed by atoms with Gasteiger partial charge in [-0.3, -0.25) is 4.90 Å². The molecular formula is C9H17NO2. The normalized spacial score (nSPS) is 43.0. The monoisotopic (exact) mass is 171 g/mol. The number of morpholine rings is 1. The second kappa shape index (κ2) is 3.32. The van der Waals surface area contributed by atoms with Crippen LogP contribution in [-0.4, -0.2) is 49.5 Å². The van der Waals surface area contributed by atoms with Gasteiger partial charge in [0.15, 0.2) is 0 Å². The van der Waals surface area contributed by atoms with Crippen LogP contribution in [-0.2, 0) is 9.47 Å². The Morgan fingerprint density at radius 2 is 2.08 bits per heavy atom. The number of hydrogen-bond acceptors (Lipinski definition) is 3. The minimum atomic E-state index is 0.373. The molecule has 2 unspecified atom stereocenters. The highest BCUT2D eigenvalue weighted by Gasteiger charge is 2.31. The summed E-state index contributed by atoms with van der Waals surface area (Å²) in [6, 6.07) is 0.544. The number of epoxide rings is 1. The smallest absolute Gasteiger partial charge is 0.0936 e. The molecule has 2 rings (SSSR count). The van der Waals surface area contributed by atoms with Gasteiger partial charge in [-0.1, -0.05) is 0 Å². The highest BCUT2D eigenvalue weighted by Crippen LogP contribution is 2.18. The predicted molar refractivity (Wildman–Crippen MR) is 46.2 cm³/mol. The Morgan fingerprint density at radius 3 is 2.75 bits per heavy atom. The summed E-state index contributed by atoms with van der Waals surface area (Å²) in [4.78, 5) is 2.46. The first-order chi connectivity index (χ1) is 5.77. The molecule has 0 saturated carbocycles. The van der Waals surface area contributed by atoms with Crippen LogP contribution in [0.25, 0.3) is 0 Å². The van der Waals surface area contributed by atoms with E-state index in [0.29, 0.717) is 18.2 Å². The molecule has 0 aromatic rings. The lowest BCUT2D eigenvalue weighted by Crippen LogP contribution is -2.49. The third kappa shape index (κ3) is 1.79. The average Bonchev–Trinajstić information content (AvgIpc) is 2.83. The van der Waals surface area contributed by atoms with E-state index < -0.39 is 0 Å². The molecule has 2 aliphatic rings. The first-order valence-electron chi connectivity index (χ1n) is 4.74. The van der Waals surface area contributed by atoms with Gasteiger partial charge in [0.1, 0.15) is 0 Å². The van der Waals surface area contributed by atoms with Gasteiger partial charge in [-0.25, -0.2) is 0 Å². The van der Waals surface area contributed by atoms with Gasteiger partial charge in [-0.05, 0) is 13.8 Å². The second-order valence-electron chi connectivity index (χ2n) is 3.77. The Morgan fingerprint density at radius 1 is 1.33 bits per heavy atom. The highest BCUT2D eigenvalue weighted by molar-refractivity contribution is 4.82. The standard InChI is InChI=1S/C9H17NO2/c1-7-8(2)11-4-3-10(7)5-9-6-12-9/h7-9H,3-6H2,1-2H3/t7?,8?,9-/m0/s1. The average molecular weight is 171 g/mol. The largest absolute Gasteiger partial charge is 0.376 e. The van der Waals surface area contributed by atoms with Crippen molar-refractivity contribution in [1.82, 2.24) is 4.90 Å². The fourth-order valence-corrected chi connectivity index (χ4v) is 1.69. The van der Waals surface area contributed by atoms with Crippen molar-refractivity contribution in [2.75, 3.05) is 26.3 Å². The zero-order chi connectivity index (χ0) is 8.55. The van der Waals surface area contributed by atoms with E-state index in [1.165, 1.54) is 0 Å². The van der Waals surface area contributed by atoms with Crippen molar-refractivity contribution < 1.29 is 9.47 Å². The van der Waals surface area contributed by atoms with Crippen LogP contribution in [0.15, 0.2) is 0 Å². The molecule has 0 aromatic heterocycles. The SMILES string of the molecule is CC1OCCN(C[C@H]2CO2)C1C. The van der Waals surface area contributed by atoms with Crippen LogP contribution in [0.3, 0.4) is 0 Å². The van der Waals surface area contributed by atoms with Gasteiger partial charge in [0.05, 0.1) is 25.4 Å². The third-order valence-corrected chi connectivity index (χ3v) is 2.86. The van der Waals surface area contributed by atoms with E-state index in [0.717, 1.165) is 26.3 Å². The third-order valence-electron chi connectivity index (χ3n) is 2.86. The van der Waals surface area contributed by atoms with Crippen molar-refractivity contribution in [2.45, 2.75) is 32.1 Å². The van der Waals surface area contributed by atoms with Gasteiger partial charge in [0.2, 0.25) is 0 Å². The zero-order valence-corrected chi connectivity index (χ0v) is 7.82. The van der Waals surface area contributed by atoms with E-state index >= 15 is 0 Å². The molecule has 2 fully saturated rings. The summed E-state index contributed by atoms with van der Waals surface area (Å²) in [6.07, 6.45) is 0.884. The van der Waals surface area contributed by atoms with E-state index in [2.05, 4.69) is 18.7 Å². The Kier molecular flexibility index (Phi) is 2.35. The summed E-state index contributed by atoms with van der Waals surface area (Å²) in [6.45, 7) is 8.35. The lowest BCUT2D eigenvalue weighted by Gasteiger charge is -2.37. The molecule has 2 saturated heterocycles. The van der Waals surface area contributed by atoms with Crippen LogP contribution in [0, 0.1) is 0 Å². The minimum absolute atomic E-state index is 0.373. The number of hydrogen-bond donors (Lipinski definition) is 0. The molecule has 0 spiro atoms. The quantitative estimate of drug-likeness (QED) is 0.565. The first kappa shape index (κ1) is 8.48. The van der Waals surface area contributed by atoms with E-state index in [-0.39, 0.29) is 0 Å². The Labute approximate surface area is 73.6 Å². The molecule has 0 bridgehead atoms. The Balaban J connectivity index is 1.84. The van der Waals surface area contributed by atoms with Crippen molar-refractivity contribution in [1.29, 1.82) is 0 Å². The topological polar surface area (TPSA) is 25.0 Å². The van der Waals surface area contributed by atoms with Crippen LogP contribution < -0.4 is 0 Å². The summed E-state index contributed by atoms with van der Waals surface area (Å²) >= 11 is 0. The number of rotatable bonds is 2. The van der Waals surface area contributed by atoms with Crippen LogP contribution in [0.2, 0.25) is 0 Å². The Bertz CT molecular complexity index is 159. The van der Waals surface area contributed by atoms with Gasteiger partial charge < -0.3 is 9.47 Å². The lowest BCUT2D eigenvalue weighted by molar-refractivity contribution is -0.0567. The summed E-state index contributed by atoms with van der Waals surface area (Å²) < 4.78 is 10.8.